The predicted octanol–water partition coefficient (Wildman–Crippen LogP) is 3.32. The van der Waals surface area contributed by atoms with Crippen LogP contribution in [0.2, 0.25) is 0 Å². The summed E-state index contributed by atoms with van der Waals surface area (Å²) >= 11 is 0. The number of phenolic OH excluding ortho intramolecular Hbond substituents is 1. The van der Waals surface area contributed by atoms with Gasteiger partial charge in [0.25, 0.3) is 11.6 Å². The molecule has 3 aromatic rings. The van der Waals surface area contributed by atoms with Crippen molar-refractivity contribution in [2.24, 2.45) is 5.10 Å². The first-order valence-electron chi connectivity index (χ1n) is 7.50. The van der Waals surface area contributed by atoms with Crippen molar-refractivity contribution < 1.29 is 19.2 Å². The summed E-state index contributed by atoms with van der Waals surface area (Å²) in [7, 11) is 0. The van der Waals surface area contributed by atoms with Crippen LogP contribution in [0.25, 0.3) is 11.3 Å². The van der Waals surface area contributed by atoms with Gasteiger partial charge in [-0.2, -0.15) is 5.10 Å². The van der Waals surface area contributed by atoms with Gasteiger partial charge in [0.1, 0.15) is 11.5 Å². The zero-order chi connectivity index (χ0) is 18.5. The fourth-order valence-electron chi connectivity index (χ4n) is 2.27. The summed E-state index contributed by atoms with van der Waals surface area (Å²) in [5.74, 6) is -0.299. The molecule has 0 aliphatic carbocycles. The Kier molecular flexibility index (Phi) is 4.75. The number of hydrogen-bond acceptors (Lipinski definition) is 6. The Labute approximate surface area is 147 Å². The number of nitrogens with zero attached hydrogens (tertiary/aromatic N) is 2. The molecule has 0 saturated carbocycles. The van der Waals surface area contributed by atoms with E-state index >= 15 is 0 Å². The lowest BCUT2D eigenvalue weighted by molar-refractivity contribution is -0.384. The van der Waals surface area contributed by atoms with Crippen LogP contribution in [0.15, 0.2) is 70.4 Å². The predicted molar refractivity (Wildman–Crippen MR) is 94.0 cm³/mol. The first kappa shape index (κ1) is 16.9. The van der Waals surface area contributed by atoms with Crippen LogP contribution < -0.4 is 5.43 Å². The molecule has 130 valence electrons. The van der Waals surface area contributed by atoms with Crippen molar-refractivity contribution in [1.29, 1.82) is 0 Å². The summed E-state index contributed by atoms with van der Waals surface area (Å²) in [6.45, 7) is 0. The number of furan rings is 1. The largest absolute Gasteiger partial charge is 0.507 e. The Morgan fingerprint density at radius 2 is 1.88 bits per heavy atom. The minimum absolute atomic E-state index is 0.00844. The number of non-ortho nitro benzene ring substituents is 1. The van der Waals surface area contributed by atoms with Gasteiger partial charge in [-0.3, -0.25) is 14.9 Å². The molecule has 1 aromatic heterocycles. The third-order valence-corrected chi connectivity index (χ3v) is 3.54. The Bertz CT molecular complexity index is 977. The third-order valence-electron chi connectivity index (χ3n) is 3.54. The van der Waals surface area contributed by atoms with E-state index in [1.165, 1.54) is 48.9 Å². The fourth-order valence-corrected chi connectivity index (χ4v) is 2.27. The van der Waals surface area contributed by atoms with E-state index in [4.69, 9.17) is 4.42 Å². The molecular formula is C18H13N3O5. The first-order valence-corrected chi connectivity index (χ1v) is 7.50. The first-order chi connectivity index (χ1) is 12.6. The van der Waals surface area contributed by atoms with E-state index in [2.05, 4.69) is 10.5 Å². The van der Waals surface area contributed by atoms with Gasteiger partial charge < -0.3 is 9.52 Å². The lowest BCUT2D eigenvalue weighted by Crippen LogP contribution is -2.17. The molecule has 0 aliphatic rings. The second-order valence-electron chi connectivity index (χ2n) is 5.23. The Morgan fingerprint density at radius 3 is 2.58 bits per heavy atom. The summed E-state index contributed by atoms with van der Waals surface area (Å²) in [5.41, 5.74) is 3.52. The Hall–Kier alpha value is -3.94. The standard InChI is InChI=1S/C18H13N3O5/c22-16-4-2-1-3-14(16)17-15(9-10-26-17)18(23)20-19-11-12-5-7-13(8-6-12)21(24)25/h1-11,22H,(H,20,23). The number of phenols is 1. The van der Waals surface area contributed by atoms with E-state index in [1.807, 2.05) is 0 Å². The van der Waals surface area contributed by atoms with Gasteiger partial charge in [-0.05, 0) is 35.9 Å². The minimum Gasteiger partial charge on any atom is -0.507 e. The normalized spacial score (nSPS) is 10.8. The number of nitro benzene ring substituents is 1. The molecule has 26 heavy (non-hydrogen) atoms. The van der Waals surface area contributed by atoms with Crippen LogP contribution in [-0.4, -0.2) is 22.2 Å². The number of nitrogens with one attached hydrogen (secondary N) is 1. The summed E-state index contributed by atoms with van der Waals surface area (Å²) in [6, 6.07) is 13.7. The van der Waals surface area contributed by atoms with Gasteiger partial charge >= 0.3 is 0 Å². The summed E-state index contributed by atoms with van der Waals surface area (Å²) in [5, 5.41) is 24.3. The van der Waals surface area contributed by atoms with E-state index in [1.54, 1.807) is 18.2 Å². The van der Waals surface area contributed by atoms with Gasteiger partial charge in [0.2, 0.25) is 0 Å². The fraction of sp³-hybridized carbons (Fsp3) is 0. The molecule has 0 radical (unpaired) electrons. The molecule has 0 aliphatic heterocycles. The summed E-state index contributed by atoms with van der Waals surface area (Å²) in [6.07, 6.45) is 2.71. The number of benzene rings is 2. The highest BCUT2D eigenvalue weighted by atomic mass is 16.6. The maximum atomic E-state index is 12.3. The van der Waals surface area contributed by atoms with Gasteiger partial charge in [0, 0.05) is 12.1 Å². The van der Waals surface area contributed by atoms with Crippen LogP contribution in [-0.2, 0) is 0 Å². The Morgan fingerprint density at radius 1 is 1.15 bits per heavy atom. The molecule has 0 spiro atoms. The lowest BCUT2D eigenvalue weighted by atomic mass is 10.1. The topological polar surface area (TPSA) is 118 Å². The SMILES string of the molecule is O=C(NN=Cc1ccc([N+](=O)[O-])cc1)c1ccoc1-c1ccccc1O. The monoisotopic (exact) mass is 351 g/mol. The average molecular weight is 351 g/mol. The van der Waals surface area contributed by atoms with E-state index in [-0.39, 0.29) is 22.8 Å². The van der Waals surface area contributed by atoms with E-state index in [0.29, 0.717) is 11.1 Å². The zero-order valence-electron chi connectivity index (χ0n) is 13.3. The van der Waals surface area contributed by atoms with Crippen LogP contribution in [0.3, 0.4) is 0 Å². The minimum atomic E-state index is -0.518. The van der Waals surface area contributed by atoms with Gasteiger partial charge in [0.15, 0.2) is 0 Å². The molecule has 0 atom stereocenters. The van der Waals surface area contributed by atoms with Gasteiger partial charge in [0.05, 0.1) is 28.5 Å². The highest BCUT2D eigenvalue weighted by molar-refractivity contribution is 6.00. The van der Waals surface area contributed by atoms with E-state index in [0.717, 1.165) is 0 Å². The second kappa shape index (κ2) is 7.31. The van der Waals surface area contributed by atoms with Crippen molar-refractivity contribution in [3.8, 4) is 17.1 Å². The van der Waals surface area contributed by atoms with Crippen molar-refractivity contribution in [3.63, 3.8) is 0 Å². The molecule has 0 bridgehead atoms. The van der Waals surface area contributed by atoms with E-state index in [9.17, 15) is 20.0 Å². The van der Waals surface area contributed by atoms with Crippen molar-refractivity contribution in [1.82, 2.24) is 5.43 Å². The van der Waals surface area contributed by atoms with Crippen LogP contribution in [0, 0.1) is 10.1 Å². The molecular weight excluding hydrogens is 338 g/mol. The molecule has 2 N–H and O–H groups in total. The molecule has 8 heteroatoms. The number of amides is 1. The summed E-state index contributed by atoms with van der Waals surface area (Å²) < 4.78 is 5.32. The number of hydrazone groups is 1. The molecule has 0 fully saturated rings. The van der Waals surface area contributed by atoms with Crippen molar-refractivity contribution >= 4 is 17.8 Å². The van der Waals surface area contributed by atoms with E-state index < -0.39 is 10.8 Å². The summed E-state index contributed by atoms with van der Waals surface area (Å²) in [4.78, 5) is 22.4. The van der Waals surface area contributed by atoms with Crippen LogP contribution in [0.5, 0.6) is 5.75 Å². The zero-order valence-corrected chi connectivity index (χ0v) is 13.3. The Balaban J connectivity index is 1.72. The van der Waals surface area contributed by atoms with Crippen molar-refractivity contribution in [2.75, 3.05) is 0 Å². The van der Waals surface area contributed by atoms with Crippen LogP contribution in [0.1, 0.15) is 15.9 Å². The number of hydrogen-bond donors (Lipinski definition) is 2. The van der Waals surface area contributed by atoms with Gasteiger partial charge in [-0.15, -0.1) is 0 Å². The van der Waals surface area contributed by atoms with Crippen LogP contribution in [0.4, 0.5) is 5.69 Å². The number of aromatic hydroxyl groups is 1. The van der Waals surface area contributed by atoms with Gasteiger partial charge in [-0.1, -0.05) is 12.1 Å². The number of rotatable bonds is 5. The number of carbonyl (C=O) groups excluding carboxylic acids is 1. The molecule has 8 nitrogen and oxygen atoms in total. The molecule has 3 rings (SSSR count). The molecule has 1 amide bonds. The maximum Gasteiger partial charge on any atom is 0.275 e. The quantitative estimate of drug-likeness (QED) is 0.415. The van der Waals surface area contributed by atoms with Crippen molar-refractivity contribution in [2.45, 2.75) is 0 Å². The average Bonchev–Trinajstić information content (AvgIpc) is 3.12. The number of carbonyl (C=O) groups is 1. The smallest absolute Gasteiger partial charge is 0.275 e. The highest BCUT2D eigenvalue weighted by Gasteiger charge is 2.18. The molecule has 2 aromatic carbocycles. The highest BCUT2D eigenvalue weighted by Crippen LogP contribution is 2.31. The number of para-hydroxylation sites is 1. The number of nitro groups is 1. The lowest BCUT2D eigenvalue weighted by Gasteiger charge is -2.04. The van der Waals surface area contributed by atoms with Gasteiger partial charge in [-0.25, -0.2) is 5.43 Å². The second-order valence-corrected chi connectivity index (χ2v) is 5.23. The molecule has 1 heterocycles. The van der Waals surface area contributed by atoms with Crippen molar-refractivity contribution in [3.05, 3.63) is 82.1 Å². The van der Waals surface area contributed by atoms with Crippen LogP contribution >= 0.6 is 0 Å². The molecule has 0 saturated heterocycles. The maximum absolute atomic E-state index is 12.3. The molecule has 0 unspecified atom stereocenters. The third kappa shape index (κ3) is 3.59.